The molecule has 4 nitrogen and oxygen atoms in total. The molecule has 2 saturated carbocycles. The summed E-state index contributed by atoms with van der Waals surface area (Å²) in [4.78, 5) is 25.5. The first-order valence-electron chi connectivity index (χ1n) is 7.60. The van der Waals surface area contributed by atoms with Crippen molar-refractivity contribution < 1.29 is 14.7 Å². The Bertz CT molecular complexity index is 398. The van der Waals surface area contributed by atoms with Gasteiger partial charge in [-0.2, -0.15) is 0 Å². The summed E-state index contributed by atoms with van der Waals surface area (Å²) in [5, 5.41) is 9.01. The predicted molar refractivity (Wildman–Crippen MR) is 75.9 cm³/mol. The Balaban J connectivity index is 1.95. The van der Waals surface area contributed by atoms with Crippen molar-refractivity contribution in [2.75, 3.05) is 6.54 Å². The number of carbonyl (C=O) groups is 2. The lowest BCUT2D eigenvalue weighted by Gasteiger charge is -2.33. The van der Waals surface area contributed by atoms with Gasteiger partial charge in [-0.15, -0.1) is 6.42 Å². The molecule has 1 amide bonds. The third-order valence-corrected chi connectivity index (χ3v) is 4.74. The Hall–Kier alpha value is -1.50. The van der Waals surface area contributed by atoms with Crippen LogP contribution in [0.3, 0.4) is 0 Å². The fourth-order valence-electron chi connectivity index (χ4n) is 3.52. The molecule has 0 aromatic heterocycles. The second-order valence-corrected chi connectivity index (χ2v) is 6.00. The van der Waals surface area contributed by atoms with Crippen LogP contribution in [0.25, 0.3) is 0 Å². The molecule has 0 spiro atoms. The van der Waals surface area contributed by atoms with Crippen LogP contribution in [0, 0.1) is 24.2 Å². The average Bonchev–Trinajstić information content (AvgIpc) is 2.98. The summed E-state index contributed by atoms with van der Waals surface area (Å²) in [6.45, 7) is 0.391. The maximum absolute atomic E-state index is 12.6. The first kappa shape index (κ1) is 14.9. The van der Waals surface area contributed by atoms with Gasteiger partial charge < -0.3 is 10.0 Å². The van der Waals surface area contributed by atoms with Gasteiger partial charge in [-0.25, -0.2) is 0 Å². The number of carboxylic acid groups (broad SMARTS) is 1. The number of terminal acetylenes is 1. The van der Waals surface area contributed by atoms with Crippen LogP contribution in [0.1, 0.15) is 51.4 Å². The highest BCUT2D eigenvalue weighted by Gasteiger charge is 2.34. The van der Waals surface area contributed by atoms with E-state index in [2.05, 4.69) is 5.92 Å². The van der Waals surface area contributed by atoms with E-state index in [0.717, 1.165) is 12.8 Å². The van der Waals surface area contributed by atoms with Crippen molar-refractivity contribution in [2.45, 2.75) is 57.4 Å². The summed E-state index contributed by atoms with van der Waals surface area (Å²) in [5.41, 5.74) is 0. The molecule has 0 aliphatic heterocycles. The van der Waals surface area contributed by atoms with Gasteiger partial charge in [0.2, 0.25) is 5.91 Å². The lowest BCUT2D eigenvalue weighted by Crippen LogP contribution is -2.43. The van der Waals surface area contributed by atoms with Gasteiger partial charge in [0.05, 0.1) is 12.5 Å². The van der Waals surface area contributed by atoms with E-state index in [-0.39, 0.29) is 17.7 Å². The molecule has 0 atom stereocenters. The largest absolute Gasteiger partial charge is 0.481 e. The smallest absolute Gasteiger partial charge is 0.306 e. The van der Waals surface area contributed by atoms with Gasteiger partial charge in [0.15, 0.2) is 0 Å². The van der Waals surface area contributed by atoms with Crippen LogP contribution in [0.2, 0.25) is 0 Å². The van der Waals surface area contributed by atoms with E-state index < -0.39 is 5.97 Å². The van der Waals surface area contributed by atoms with Gasteiger partial charge in [0.1, 0.15) is 0 Å². The van der Waals surface area contributed by atoms with Crippen LogP contribution < -0.4 is 0 Å². The Kier molecular flexibility index (Phi) is 5.05. The van der Waals surface area contributed by atoms with E-state index in [1.807, 2.05) is 4.90 Å². The van der Waals surface area contributed by atoms with E-state index in [0.29, 0.717) is 38.3 Å². The van der Waals surface area contributed by atoms with Crippen molar-refractivity contribution in [1.29, 1.82) is 0 Å². The zero-order valence-corrected chi connectivity index (χ0v) is 11.9. The fourth-order valence-corrected chi connectivity index (χ4v) is 3.52. The predicted octanol–water partition coefficient (Wildman–Crippen LogP) is 2.28. The van der Waals surface area contributed by atoms with E-state index in [1.165, 1.54) is 12.8 Å². The molecular formula is C16H23NO3. The highest BCUT2D eigenvalue weighted by atomic mass is 16.4. The molecule has 0 bridgehead atoms. The van der Waals surface area contributed by atoms with E-state index >= 15 is 0 Å². The highest BCUT2D eigenvalue weighted by molar-refractivity contribution is 5.80. The van der Waals surface area contributed by atoms with Crippen molar-refractivity contribution in [1.82, 2.24) is 4.90 Å². The number of rotatable bonds is 4. The number of hydrogen-bond donors (Lipinski definition) is 1. The Morgan fingerprint density at radius 2 is 1.60 bits per heavy atom. The van der Waals surface area contributed by atoms with Crippen LogP contribution in [-0.2, 0) is 9.59 Å². The minimum atomic E-state index is -0.729. The van der Waals surface area contributed by atoms with E-state index in [9.17, 15) is 9.59 Å². The molecule has 0 aromatic rings. The molecule has 2 aliphatic carbocycles. The zero-order valence-electron chi connectivity index (χ0n) is 11.9. The van der Waals surface area contributed by atoms with Crippen molar-refractivity contribution >= 4 is 11.9 Å². The van der Waals surface area contributed by atoms with Crippen molar-refractivity contribution in [3.8, 4) is 12.3 Å². The summed E-state index contributed by atoms with van der Waals surface area (Å²) >= 11 is 0. The number of aliphatic carboxylic acids is 1. The number of hydrogen-bond acceptors (Lipinski definition) is 2. The van der Waals surface area contributed by atoms with Crippen molar-refractivity contribution in [2.24, 2.45) is 11.8 Å². The molecule has 0 unspecified atom stereocenters. The summed E-state index contributed by atoms with van der Waals surface area (Å²) in [6.07, 6.45) is 12.4. The Labute approximate surface area is 120 Å². The molecule has 2 fully saturated rings. The summed E-state index contributed by atoms with van der Waals surface area (Å²) in [7, 11) is 0. The highest BCUT2D eigenvalue weighted by Crippen LogP contribution is 2.32. The number of carbonyl (C=O) groups excluding carboxylic acids is 1. The average molecular weight is 277 g/mol. The van der Waals surface area contributed by atoms with Crippen LogP contribution in [-0.4, -0.2) is 34.5 Å². The minimum Gasteiger partial charge on any atom is -0.481 e. The van der Waals surface area contributed by atoms with Gasteiger partial charge in [-0.05, 0) is 38.5 Å². The molecule has 110 valence electrons. The fraction of sp³-hybridized carbons (Fsp3) is 0.750. The van der Waals surface area contributed by atoms with Crippen LogP contribution >= 0.6 is 0 Å². The molecule has 2 aliphatic rings. The van der Waals surface area contributed by atoms with Gasteiger partial charge in [-0.3, -0.25) is 9.59 Å². The van der Waals surface area contributed by atoms with E-state index in [1.54, 1.807) is 0 Å². The third kappa shape index (κ3) is 3.33. The maximum atomic E-state index is 12.6. The lowest BCUT2D eigenvalue weighted by atomic mass is 9.81. The SMILES string of the molecule is C#CCN(C(=O)C1CCC(C(=O)O)CC1)C1CCCC1. The number of nitrogens with zero attached hydrogens (tertiary/aromatic N) is 1. The first-order chi connectivity index (χ1) is 9.63. The quantitative estimate of drug-likeness (QED) is 0.802. The van der Waals surface area contributed by atoms with Crippen molar-refractivity contribution in [3.63, 3.8) is 0 Å². The molecule has 0 heterocycles. The van der Waals surface area contributed by atoms with E-state index in [4.69, 9.17) is 11.5 Å². The molecule has 20 heavy (non-hydrogen) atoms. The number of amides is 1. The summed E-state index contributed by atoms with van der Waals surface area (Å²) < 4.78 is 0. The van der Waals surface area contributed by atoms with Crippen LogP contribution in [0.5, 0.6) is 0 Å². The summed E-state index contributed by atoms with van der Waals surface area (Å²) in [5.74, 6) is 1.72. The van der Waals surface area contributed by atoms with Gasteiger partial charge in [0, 0.05) is 12.0 Å². The normalized spacial score (nSPS) is 26.9. The third-order valence-electron chi connectivity index (χ3n) is 4.74. The van der Waals surface area contributed by atoms with Gasteiger partial charge in [0.25, 0.3) is 0 Å². The molecule has 4 heteroatoms. The van der Waals surface area contributed by atoms with Gasteiger partial charge >= 0.3 is 5.97 Å². The number of carboxylic acids is 1. The first-order valence-corrected chi connectivity index (χ1v) is 7.60. The molecule has 0 radical (unpaired) electrons. The monoisotopic (exact) mass is 277 g/mol. The Morgan fingerprint density at radius 3 is 2.10 bits per heavy atom. The van der Waals surface area contributed by atoms with Crippen LogP contribution in [0.15, 0.2) is 0 Å². The topological polar surface area (TPSA) is 57.6 Å². The molecule has 2 rings (SSSR count). The summed E-state index contributed by atoms with van der Waals surface area (Å²) in [6, 6.07) is 0.302. The second kappa shape index (κ2) is 6.78. The molecule has 0 saturated heterocycles. The molecule has 0 aromatic carbocycles. The molecule has 1 N–H and O–H groups in total. The Morgan fingerprint density at radius 1 is 1.05 bits per heavy atom. The van der Waals surface area contributed by atoms with Crippen LogP contribution in [0.4, 0.5) is 0 Å². The standard InChI is InChI=1S/C16H23NO3/c1-2-11-17(14-5-3-4-6-14)15(18)12-7-9-13(10-8-12)16(19)20/h1,12-14H,3-11H2,(H,19,20). The van der Waals surface area contributed by atoms with Gasteiger partial charge in [-0.1, -0.05) is 18.8 Å². The van der Waals surface area contributed by atoms with Crippen molar-refractivity contribution in [3.05, 3.63) is 0 Å². The maximum Gasteiger partial charge on any atom is 0.306 e. The lowest BCUT2D eigenvalue weighted by molar-refractivity contribution is -0.146. The molecular weight excluding hydrogens is 254 g/mol. The zero-order chi connectivity index (χ0) is 14.5. The second-order valence-electron chi connectivity index (χ2n) is 6.00. The minimum absolute atomic E-state index is 0.0282.